The smallest absolute Gasteiger partial charge is 0.259 e. The zero-order valence-electron chi connectivity index (χ0n) is 21.8. The predicted octanol–water partition coefficient (Wildman–Crippen LogP) is 5.51. The summed E-state index contributed by atoms with van der Waals surface area (Å²) in [6.45, 7) is 3.62. The zero-order chi connectivity index (χ0) is 25.7. The topological polar surface area (TPSA) is 55.4 Å². The van der Waals surface area contributed by atoms with E-state index < -0.39 is 47.8 Å². The van der Waals surface area contributed by atoms with Crippen LogP contribution in [0.1, 0.15) is 31.8 Å². The van der Waals surface area contributed by atoms with Gasteiger partial charge in [-0.2, -0.15) is 0 Å². The van der Waals surface area contributed by atoms with Crippen LogP contribution in [-0.4, -0.2) is 11.7 Å². The van der Waals surface area contributed by atoms with Crippen molar-refractivity contribution < 1.29 is 21.2 Å². The first-order chi connectivity index (χ1) is 16.6. The van der Waals surface area contributed by atoms with E-state index in [0.29, 0.717) is 18.0 Å². The maximum absolute atomic E-state index is 13.0. The largest absolute Gasteiger partial charge is 0.489 e. The van der Waals surface area contributed by atoms with Gasteiger partial charge in [-0.05, 0) is 41.5 Å². The highest BCUT2D eigenvalue weighted by Gasteiger charge is 2.21. The lowest BCUT2D eigenvalue weighted by Crippen LogP contribution is -2.23. The standard InChI is InChI=1S/C26H25NO3/c1-19(2)25(28)24(17-20-9-5-3-6-10-20)26(29)27-22-13-15-23(16-14-22)30-18-21-11-7-4-8-12-21/h3-17,19H,18H2,1-2H3,(H,27,29)/b24-17-/i3D,5D,6D,9D,10D. The van der Waals surface area contributed by atoms with Crippen LogP contribution in [0.4, 0.5) is 5.69 Å². The summed E-state index contributed by atoms with van der Waals surface area (Å²) in [4.78, 5) is 25.8. The molecule has 3 aromatic rings. The van der Waals surface area contributed by atoms with Crippen molar-refractivity contribution in [3.05, 3.63) is 102 Å². The molecule has 1 amide bonds. The maximum atomic E-state index is 13.0. The molecule has 0 radical (unpaired) electrons. The number of hydrogen-bond donors (Lipinski definition) is 1. The third kappa shape index (κ3) is 5.92. The molecule has 0 fully saturated rings. The molecule has 3 aromatic carbocycles. The molecule has 0 aliphatic heterocycles. The Balaban J connectivity index is 1.85. The highest BCUT2D eigenvalue weighted by Crippen LogP contribution is 2.19. The Hall–Kier alpha value is -3.66. The van der Waals surface area contributed by atoms with E-state index in [4.69, 9.17) is 11.6 Å². The fourth-order valence-corrected chi connectivity index (χ4v) is 2.61. The zero-order valence-corrected chi connectivity index (χ0v) is 16.8. The molecule has 0 unspecified atom stereocenters. The van der Waals surface area contributed by atoms with Crippen molar-refractivity contribution in [1.29, 1.82) is 0 Å². The molecular formula is C26H25NO3. The number of carbonyl (C=O) groups is 2. The molecule has 0 spiro atoms. The first-order valence-corrected chi connectivity index (χ1v) is 9.51. The minimum atomic E-state index is -0.742. The van der Waals surface area contributed by atoms with Crippen LogP contribution in [0.15, 0.2) is 90.4 Å². The van der Waals surface area contributed by atoms with Crippen LogP contribution < -0.4 is 10.1 Å². The summed E-state index contributed by atoms with van der Waals surface area (Å²) in [5, 5.41) is 2.64. The Morgan fingerprint density at radius 3 is 2.30 bits per heavy atom. The molecule has 0 saturated carbocycles. The number of amides is 1. The SMILES string of the molecule is [2H]c1c([2H])c([2H])c(/C=C(\C(=O)Nc2ccc(OCc3ccccc3)cc2)C(=O)C(C)C)c([2H])c1[2H]. The molecule has 30 heavy (non-hydrogen) atoms. The number of nitrogens with one attached hydrogen (secondary N) is 1. The van der Waals surface area contributed by atoms with E-state index in [0.717, 1.165) is 11.6 Å². The van der Waals surface area contributed by atoms with E-state index in [-0.39, 0.29) is 11.1 Å². The van der Waals surface area contributed by atoms with Gasteiger partial charge >= 0.3 is 0 Å². The number of ether oxygens (including phenoxy) is 1. The Bertz CT molecular complexity index is 1240. The van der Waals surface area contributed by atoms with Crippen LogP contribution >= 0.6 is 0 Å². The van der Waals surface area contributed by atoms with Gasteiger partial charge in [-0.25, -0.2) is 0 Å². The molecule has 0 atom stereocenters. The third-order valence-electron chi connectivity index (χ3n) is 4.20. The number of hydrogen-bond acceptors (Lipinski definition) is 3. The lowest BCUT2D eigenvalue weighted by Gasteiger charge is -2.12. The third-order valence-corrected chi connectivity index (χ3v) is 4.20. The van der Waals surface area contributed by atoms with Crippen molar-refractivity contribution in [2.45, 2.75) is 20.5 Å². The monoisotopic (exact) mass is 404 g/mol. The van der Waals surface area contributed by atoms with Gasteiger partial charge in [0.05, 0.1) is 12.4 Å². The van der Waals surface area contributed by atoms with Crippen molar-refractivity contribution in [1.82, 2.24) is 0 Å². The van der Waals surface area contributed by atoms with Gasteiger partial charge in [0.1, 0.15) is 12.4 Å². The molecule has 4 heteroatoms. The number of carbonyl (C=O) groups excluding carboxylic acids is 2. The van der Waals surface area contributed by atoms with Crippen LogP contribution in [0.25, 0.3) is 6.08 Å². The number of benzene rings is 3. The molecule has 3 rings (SSSR count). The predicted molar refractivity (Wildman–Crippen MR) is 120 cm³/mol. The Labute approximate surface area is 184 Å². The number of ketones is 1. The van der Waals surface area contributed by atoms with Gasteiger partial charge in [-0.1, -0.05) is 74.4 Å². The summed E-state index contributed by atoms with van der Waals surface area (Å²) < 4.78 is 45.3. The van der Waals surface area contributed by atoms with Crippen LogP contribution in [-0.2, 0) is 16.2 Å². The van der Waals surface area contributed by atoms with E-state index in [9.17, 15) is 9.59 Å². The highest BCUT2D eigenvalue weighted by molar-refractivity contribution is 6.26. The molecule has 4 nitrogen and oxygen atoms in total. The molecule has 152 valence electrons. The second kappa shape index (κ2) is 10.2. The van der Waals surface area contributed by atoms with E-state index >= 15 is 0 Å². The average Bonchev–Trinajstić information content (AvgIpc) is 2.86. The molecule has 0 bridgehead atoms. The quantitative estimate of drug-likeness (QED) is 0.306. The summed E-state index contributed by atoms with van der Waals surface area (Å²) in [6.07, 6.45) is 1.06. The van der Waals surface area contributed by atoms with Gasteiger partial charge in [0.25, 0.3) is 5.91 Å². The van der Waals surface area contributed by atoms with Crippen molar-refractivity contribution >= 4 is 23.5 Å². The minimum Gasteiger partial charge on any atom is -0.489 e. The molecule has 1 N–H and O–H groups in total. The van der Waals surface area contributed by atoms with Crippen molar-refractivity contribution in [2.75, 3.05) is 5.32 Å². The van der Waals surface area contributed by atoms with Gasteiger partial charge in [0.2, 0.25) is 0 Å². The van der Waals surface area contributed by atoms with E-state index in [1.54, 1.807) is 38.1 Å². The number of rotatable bonds is 8. The van der Waals surface area contributed by atoms with Gasteiger partial charge in [0.15, 0.2) is 5.78 Å². The van der Waals surface area contributed by atoms with Crippen LogP contribution in [0, 0.1) is 5.92 Å². The summed E-state index contributed by atoms with van der Waals surface area (Å²) in [5.41, 5.74) is 0.896. The number of Topliss-reactive ketones (excluding diaryl/α,β-unsaturated/α-hetero) is 1. The first-order valence-electron chi connectivity index (χ1n) is 12.0. The normalized spacial score (nSPS) is 13.6. The molecular weight excluding hydrogens is 374 g/mol. The van der Waals surface area contributed by atoms with E-state index in [1.807, 2.05) is 30.3 Å². The van der Waals surface area contributed by atoms with Crippen molar-refractivity contribution in [3.63, 3.8) is 0 Å². The molecule has 0 saturated heterocycles. The van der Waals surface area contributed by atoms with Crippen LogP contribution in [0.5, 0.6) is 5.75 Å². The second-order valence-corrected chi connectivity index (χ2v) is 6.87. The van der Waals surface area contributed by atoms with Crippen LogP contribution in [0.2, 0.25) is 0 Å². The van der Waals surface area contributed by atoms with Gasteiger partial charge < -0.3 is 10.1 Å². The highest BCUT2D eigenvalue weighted by atomic mass is 16.5. The Morgan fingerprint density at radius 1 is 1.00 bits per heavy atom. The van der Waals surface area contributed by atoms with E-state index in [2.05, 4.69) is 5.32 Å². The summed E-state index contributed by atoms with van der Waals surface area (Å²) >= 11 is 0. The van der Waals surface area contributed by atoms with Crippen LogP contribution in [0.3, 0.4) is 0 Å². The minimum absolute atomic E-state index is 0.222. The lowest BCUT2D eigenvalue weighted by molar-refractivity contribution is -0.121. The Morgan fingerprint density at radius 2 is 1.67 bits per heavy atom. The van der Waals surface area contributed by atoms with Crippen molar-refractivity contribution in [2.24, 2.45) is 5.92 Å². The van der Waals surface area contributed by atoms with Gasteiger partial charge in [-0.15, -0.1) is 0 Å². The average molecular weight is 405 g/mol. The number of anilines is 1. The van der Waals surface area contributed by atoms with Gasteiger partial charge in [0, 0.05) is 11.6 Å². The molecule has 0 aliphatic rings. The summed E-state index contributed by atoms with van der Waals surface area (Å²) in [7, 11) is 0. The molecule has 0 heterocycles. The Kier molecular flexibility index (Phi) is 5.18. The van der Waals surface area contributed by atoms with Gasteiger partial charge in [-0.3, -0.25) is 9.59 Å². The lowest BCUT2D eigenvalue weighted by atomic mass is 9.98. The molecule has 0 aromatic heterocycles. The fraction of sp³-hybridized carbons (Fsp3) is 0.154. The second-order valence-electron chi connectivity index (χ2n) is 6.87. The first kappa shape index (κ1) is 15.2. The molecule has 0 aliphatic carbocycles. The maximum Gasteiger partial charge on any atom is 0.259 e. The summed E-state index contributed by atoms with van der Waals surface area (Å²) in [6, 6.07) is 13.7. The van der Waals surface area contributed by atoms with E-state index in [1.165, 1.54) is 0 Å². The fourth-order valence-electron chi connectivity index (χ4n) is 2.61. The summed E-state index contributed by atoms with van der Waals surface area (Å²) in [5.74, 6) is -1.21. The van der Waals surface area contributed by atoms with Crippen molar-refractivity contribution in [3.8, 4) is 5.75 Å².